The molecule has 0 spiro atoms. The summed E-state index contributed by atoms with van der Waals surface area (Å²) in [7, 11) is 0. The molecule has 5 nitrogen and oxygen atoms in total. The van der Waals surface area contributed by atoms with Crippen LogP contribution in [0, 0.1) is 6.92 Å². The number of carbonyl (C=O) groups is 2. The average molecular weight is 269 g/mol. The first-order valence-corrected chi connectivity index (χ1v) is 6.78. The van der Waals surface area contributed by atoms with Gasteiger partial charge in [0, 0.05) is 24.4 Å². The van der Waals surface area contributed by atoms with Gasteiger partial charge in [-0.15, -0.1) is 11.3 Å². The normalized spacial score (nSPS) is 10.2. The molecule has 1 heterocycles. The molecular formula is C12H19N3O2S. The minimum Gasteiger partial charge on any atom is -0.351 e. The van der Waals surface area contributed by atoms with Crippen LogP contribution in [0.15, 0.2) is 6.07 Å². The molecule has 0 aliphatic rings. The van der Waals surface area contributed by atoms with Gasteiger partial charge < -0.3 is 16.4 Å². The Hall–Kier alpha value is -1.40. The Morgan fingerprint density at radius 1 is 1.44 bits per heavy atom. The maximum Gasteiger partial charge on any atom is 0.254 e. The zero-order valence-corrected chi connectivity index (χ0v) is 11.5. The third kappa shape index (κ3) is 4.12. The summed E-state index contributed by atoms with van der Waals surface area (Å²) in [5.74, 6) is -0.260. The van der Waals surface area contributed by atoms with E-state index in [1.807, 2.05) is 13.8 Å². The Morgan fingerprint density at radius 2 is 2.17 bits per heavy atom. The summed E-state index contributed by atoms with van der Waals surface area (Å²) in [6, 6.07) is 1.78. The van der Waals surface area contributed by atoms with Crippen molar-refractivity contribution < 1.29 is 9.59 Å². The second-order valence-electron chi connectivity index (χ2n) is 3.94. The lowest BCUT2D eigenvalue weighted by Crippen LogP contribution is -2.29. The molecule has 1 rings (SSSR count). The van der Waals surface area contributed by atoms with Crippen molar-refractivity contribution in [1.29, 1.82) is 0 Å². The number of thiophene rings is 1. The Morgan fingerprint density at radius 3 is 2.78 bits per heavy atom. The maximum absolute atomic E-state index is 11.9. The largest absolute Gasteiger partial charge is 0.351 e. The van der Waals surface area contributed by atoms with Gasteiger partial charge in [0.15, 0.2) is 0 Å². The van der Waals surface area contributed by atoms with Crippen LogP contribution in [0.4, 0.5) is 5.00 Å². The van der Waals surface area contributed by atoms with E-state index < -0.39 is 0 Å². The van der Waals surface area contributed by atoms with E-state index in [-0.39, 0.29) is 11.8 Å². The fourth-order valence-electron chi connectivity index (χ4n) is 1.47. The summed E-state index contributed by atoms with van der Waals surface area (Å²) in [6.45, 7) is 4.66. The zero-order valence-electron chi connectivity index (χ0n) is 10.7. The summed E-state index contributed by atoms with van der Waals surface area (Å²) in [4.78, 5) is 24.4. The van der Waals surface area contributed by atoms with Crippen molar-refractivity contribution in [3.05, 3.63) is 16.5 Å². The number of amides is 2. The number of hydrogen-bond acceptors (Lipinski definition) is 4. The predicted octanol–water partition coefficient (Wildman–Crippen LogP) is 1.48. The number of nitrogens with one attached hydrogen (secondary N) is 2. The summed E-state index contributed by atoms with van der Waals surface area (Å²) in [6.07, 6.45) is 1.24. The van der Waals surface area contributed by atoms with Crippen LogP contribution in [0.1, 0.15) is 35.0 Å². The number of rotatable bonds is 6. The van der Waals surface area contributed by atoms with Crippen LogP contribution in [0.25, 0.3) is 0 Å². The third-order valence-electron chi connectivity index (χ3n) is 2.26. The average Bonchev–Trinajstić information content (AvgIpc) is 2.67. The summed E-state index contributed by atoms with van der Waals surface area (Å²) >= 11 is 1.41. The summed E-state index contributed by atoms with van der Waals surface area (Å²) in [5, 5.41) is 6.09. The summed E-state index contributed by atoms with van der Waals surface area (Å²) in [5.41, 5.74) is 5.85. The first kappa shape index (κ1) is 14.7. The van der Waals surface area contributed by atoms with Crippen LogP contribution in [-0.2, 0) is 4.79 Å². The number of carbonyl (C=O) groups excluding carboxylic acids is 2. The molecule has 100 valence electrons. The predicted molar refractivity (Wildman–Crippen MR) is 74.0 cm³/mol. The van der Waals surface area contributed by atoms with Gasteiger partial charge in [0.2, 0.25) is 5.91 Å². The number of anilines is 1. The molecule has 0 bridgehead atoms. The van der Waals surface area contributed by atoms with Gasteiger partial charge in [-0.25, -0.2) is 0 Å². The van der Waals surface area contributed by atoms with E-state index in [2.05, 4.69) is 10.6 Å². The van der Waals surface area contributed by atoms with Gasteiger partial charge in [0.1, 0.15) is 5.00 Å². The van der Waals surface area contributed by atoms with Gasteiger partial charge in [-0.3, -0.25) is 9.59 Å². The molecule has 18 heavy (non-hydrogen) atoms. The Kier molecular flexibility index (Phi) is 5.80. The molecule has 0 unspecified atom stereocenters. The van der Waals surface area contributed by atoms with E-state index in [0.717, 1.165) is 11.3 Å². The molecule has 0 saturated carbocycles. The van der Waals surface area contributed by atoms with Crippen molar-refractivity contribution in [2.45, 2.75) is 26.7 Å². The highest BCUT2D eigenvalue weighted by atomic mass is 32.1. The lowest BCUT2D eigenvalue weighted by molar-refractivity contribution is -0.116. The van der Waals surface area contributed by atoms with Crippen LogP contribution in [0.5, 0.6) is 0 Å². The standard InChI is InChI=1S/C12H19N3O2S/c1-3-4-10(16)15-12-9(7-8(2)18-12)11(17)14-6-5-13/h7H,3-6,13H2,1-2H3,(H,14,17)(H,15,16). The highest BCUT2D eigenvalue weighted by molar-refractivity contribution is 7.16. The molecule has 0 atom stereocenters. The maximum atomic E-state index is 11.9. The molecule has 4 N–H and O–H groups in total. The fourth-order valence-corrected chi connectivity index (χ4v) is 2.40. The van der Waals surface area contributed by atoms with Crippen LogP contribution in [-0.4, -0.2) is 24.9 Å². The van der Waals surface area contributed by atoms with Crippen molar-refractivity contribution >= 4 is 28.2 Å². The molecule has 0 aliphatic heterocycles. The van der Waals surface area contributed by atoms with E-state index in [0.29, 0.717) is 30.1 Å². The van der Waals surface area contributed by atoms with Gasteiger partial charge in [0.05, 0.1) is 5.56 Å². The van der Waals surface area contributed by atoms with Gasteiger partial charge in [-0.05, 0) is 19.4 Å². The lowest BCUT2D eigenvalue weighted by Gasteiger charge is -2.06. The van der Waals surface area contributed by atoms with Gasteiger partial charge >= 0.3 is 0 Å². The second kappa shape index (κ2) is 7.13. The Labute approximate surface area is 111 Å². The SMILES string of the molecule is CCCC(=O)Nc1sc(C)cc1C(=O)NCCN. The van der Waals surface area contributed by atoms with Crippen LogP contribution in [0.2, 0.25) is 0 Å². The van der Waals surface area contributed by atoms with Gasteiger partial charge in [0.25, 0.3) is 5.91 Å². The van der Waals surface area contributed by atoms with Crippen molar-refractivity contribution in [3.8, 4) is 0 Å². The van der Waals surface area contributed by atoms with E-state index in [4.69, 9.17) is 5.73 Å². The van der Waals surface area contributed by atoms with E-state index in [1.54, 1.807) is 6.07 Å². The molecule has 0 radical (unpaired) electrons. The summed E-state index contributed by atoms with van der Waals surface area (Å²) < 4.78 is 0. The van der Waals surface area contributed by atoms with E-state index in [1.165, 1.54) is 11.3 Å². The lowest BCUT2D eigenvalue weighted by atomic mass is 10.2. The number of nitrogens with two attached hydrogens (primary N) is 1. The Bertz CT molecular complexity index is 429. The molecule has 0 fully saturated rings. The molecule has 1 aromatic rings. The molecule has 6 heteroatoms. The number of aryl methyl sites for hydroxylation is 1. The molecule has 0 aromatic carbocycles. The van der Waals surface area contributed by atoms with Gasteiger partial charge in [-0.2, -0.15) is 0 Å². The Balaban J connectivity index is 2.78. The molecule has 1 aromatic heterocycles. The fraction of sp³-hybridized carbons (Fsp3) is 0.500. The molecule has 0 aliphatic carbocycles. The van der Waals surface area contributed by atoms with Crippen molar-refractivity contribution in [1.82, 2.24) is 5.32 Å². The van der Waals surface area contributed by atoms with E-state index in [9.17, 15) is 9.59 Å². The first-order valence-electron chi connectivity index (χ1n) is 5.97. The van der Waals surface area contributed by atoms with Crippen molar-refractivity contribution in [2.24, 2.45) is 5.73 Å². The van der Waals surface area contributed by atoms with Crippen LogP contribution >= 0.6 is 11.3 Å². The number of hydrogen-bond donors (Lipinski definition) is 3. The minimum absolute atomic E-state index is 0.0628. The van der Waals surface area contributed by atoms with Crippen molar-refractivity contribution in [3.63, 3.8) is 0 Å². The quantitative estimate of drug-likeness (QED) is 0.731. The minimum atomic E-state index is -0.198. The molecule has 0 saturated heterocycles. The highest BCUT2D eigenvalue weighted by Gasteiger charge is 2.16. The van der Waals surface area contributed by atoms with Crippen LogP contribution < -0.4 is 16.4 Å². The monoisotopic (exact) mass is 269 g/mol. The first-order chi connectivity index (χ1) is 8.58. The van der Waals surface area contributed by atoms with Crippen LogP contribution in [0.3, 0.4) is 0 Å². The molecular weight excluding hydrogens is 250 g/mol. The van der Waals surface area contributed by atoms with Crippen molar-refractivity contribution in [2.75, 3.05) is 18.4 Å². The van der Waals surface area contributed by atoms with Gasteiger partial charge in [-0.1, -0.05) is 6.92 Å². The molecule has 2 amide bonds. The highest BCUT2D eigenvalue weighted by Crippen LogP contribution is 2.27. The third-order valence-corrected chi connectivity index (χ3v) is 3.23. The zero-order chi connectivity index (χ0) is 13.5. The topological polar surface area (TPSA) is 84.2 Å². The smallest absolute Gasteiger partial charge is 0.254 e. The second-order valence-corrected chi connectivity index (χ2v) is 5.20. The van der Waals surface area contributed by atoms with E-state index >= 15 is 0 Å².